The van der Waals surface area contributed by atoms with E-state index in [4.69, 9.17) is 4.74 Å². The van der Waals surface area contributed by atoms with E-state index in [0.29, 0.717) is 19.4 Å². The number of urea groups is 1. The highest BCUT2D eigenvalue weighted by molar-refractivity contribution is 6.03. The van der Waals surface area contributed by atoms with Crippen LogP contribution < -0.4 is 5.32 Å². The van der Waals surface area contributed by atoms with Crippen LogP contribution in [0.2, 0.25) is 0 Å². The second-order valence-corrected chi connectivity index (χ2v) is 7.19. The number of nitrogens with zero attached hydrogens (tertiary/aromatic N) is 1. The maximum absolute atomic E-state index is 12.5. The standard InChI is InChI=1S/C15H20N2O4/c1-14-8-15-7-9(21-12(15)19)5-3-2-4-6-17(10(14)15)13(20)16-11(14)18/h9-10H,2-8H2,1H3,(H,16,18,20)/t9-,10-,14-,15+/m1/s1. The molecule has 4 aliphatic rings. The van der Waals surface area contributed by atoms with Gasteiger partial charge in [0, 0.05) is 13.0 Å². The molecule has 0 radical (unpaired) electrons. The van der Waals surface area contributed by atoms with Crippen molar-refractivity contribution in [1.29, 1.82) is 0 Å². The van der Waals surface area contributed by atoms with Crippen LogP contribution in [-0.2, 0) is 14.3 Å². The summed E-state index contributed by atoms with van der Waals surface area (Å²) in [5.41, 5.74) is -1.30. The van der Waals surface area contributed by atoms with Gasteiger partial charge in [-0.05, 0) is 32.6 Å². The van der Waals surface area contributed by atoms with Crippen molar-refractivity contribution in [2.24, 2.45) is 10.8 Å². The first-order chi connectivity index (χ1) is 9.97. The van der Waals surface area contributed by atoms with E-state index in [1.54, 1.807) is 4.90 Å². The number of fused-ring (bicyclic) bond motifs is 1. The van der Waals surface area contributed by atoms with Crippen molar-refractivity contribution < 1.29 is 19.1 Å². The monoisotopic (exact) mass is 292 g/mol. The maximum atomic E-state index is 12.5. The van der Waals surface area contributed by atoms with E-state index in [9.17, 15) is 14.4 Å². The van der Waals surface area contributed by atoms with Gasteiger partial charge in [0.15, 0.2) is 0 Å². The van der Waals surface area contributed by atoms with E-state index in [0.717, 1.165) is 25.7 Å². The number of hydrogen-bond donors (Lipinski definition) is 1. The normalized spacial score (nSPS) is 45.4. The Balaban J connectivity index is 1.77. The molecule has 4 rings (SSSR count). The van der Waals surface area contributed by atoms with Gasteiger partial charge in [0.25, 0.3) is 0 Å². The fourth-order valence-electron chi connectivity index (χ4n) is 4.99. The molecule has 1 aliphatic carbocycles. The third kappa shape index (κ3) is 1.50. The van der Waals surface area contributed by atoms with Crippen molar-refractivity contribution in [2.75, 3.05) is 6.54 Å². The van der Waals surface area contributed by atoms with Crippen molar-refractivity contribution in [1.82, 2.24) is 10.2 Å². The van der Waals surface area contributed by atoms with Crippen LogP contribution in [0.15, 0.2) is 0 Å². The van der Waals surface area contributed by atoms with E-state index in [1.165, 1.54) is 0 Å². The van der Waals surface area contributed by atoms with E-state index >= 15 is 0 Å². The number of imide groups is 1. The van der Waals surface area contributed by atoms with Crippen molar-refractivity contribution in [3.05, 3.63) is 0 Å². The first kappa shape index (κ1) is 13.1. The van der Waals surface area contributed by atoms with Crippen LogP contribution in [0.3, 0.4) is 0 Å². The molecule has 6 nitrogen and oxygen atoms in total. The Morgan fingerprint density at radius 2 is 2.05 bits per heavy atom. The van der Waals surface area contributed by atoms with Gasteiger partial charge in [-0.15, -0.1) is 0 Å². The van der Waals surface area contributed by atoms with E-state index < -0.39 is 10.8 Å². The van der Waals surface area contributed by atoms with Gasteiger partial charge in [0.1, 0.15) is 6.10 Å². The number of rotatable bonds is 0. The maximum Gasteiger partial charge on any atom is 0.324 e. The van der Waals surface area contributed by atoms with Crippen LogP contribution in [-0.4, -0.2) is 41.5 Å². The highest BCUT2D eigenvalue weighted by Crippen LogP contribution is 2.63. The molecule has 1 spiro atoms. The summed E-state index contributed by atoms with van der Waals surface area (Å²) in [5.74, 6) is -0.447. The zero-order valence-corrected chi connectivity index (χ0v) is 12.2. The SMILES string of the molecule is C[C@]12C[C@@]34C[C@@H](CCCCCN(C(=O)NC1=O)[C@@H]32)OC4=O. The summed E-state index contributed by atoms with van der Waals surface area (Å²) in [6, 6.07) is -0.680. The lowest BCUT2D eigenvalue weighted by Crippen LogP contribution is -2.78. The average molecular weight is 292 g/mol. The van der Waals surface area contributed by atoms with Gasteiger partial charge in [0.2, 0.25) is 5.91 Å². The first-order valence-electron chi connectivity index (χ1n) is 7.80. The van der Waals surface area contributed by atoms with Crippen LogP contribution in [0.4, 0.5) is 4.79 Å². The van der Waals surface area contributed by atoms with Crippen LogP contribution in [0, 0.1) is 10.8 Å². The molecule has 1 N–H and O–H groups in total. The van der Waals surface area contributed by atoms with Gasteiger partial charge in [-0.25, -0.2) is 4.79 Å². The minimum Gasteiger partial charge on any atom is -0.462 e. The number of esters is 1. The Kier molecular flexibility index (Phi) is 2.49. The van der Waals surface area contributed by atoms with Crippen LogP contribution in [0.25, 0.3) is 0 Å². The molecule has 0 aromatic rings. The number of ether oxygens (including phenoxy) is 1. The van der Waals surface area contributed by atoms with Gasteiger partial charge in [0.05, 0.1) is 16.9 Å². The van der Waals surface area contributed by atoms with Gasteiger partial charge in [-0.1, -0.05) is 6.42 Å². The lowest BCUT2D eigenvalue weighted by Gasteiger charge is -2.62. The zero-order chi connectivity index (χ0) is 14.8. The molecule has 4 atom stereocenters. The Morgan fingerprint density at radius 1 is 1.24 bits per heavy atom. The summed E-state index contributed by atoms with van der Waals surface area (Å²) < 4.78 is 5.55. The summed E-state index contributed by atoms with van der Waals surface area (Å²) in [4.78, 5) is 38.7. The number of amides is 3. The fourth-order valence-corrected chi connectivity index (χ4v) is 4.99. The molecule has 1 saturated carbocycles. The molecule has 0 unspecified atom stereocenters. The Labute approximate surface area is 123 Å². The largest absolute Gasteiger partial charge is 0.462 e. The molecule has 0 aromatic carbocycles. The van der Waals surface area contributed by atoms with E-state index in [2.05, 4.69) is 5.32 Å². The van der Waals surface area contributed by atoms with Gasteiger partial charge >= 0.3 is 12.0 Å². The van der Waals surface area contributed by atoms with E-state index in [-0.39, 0.29) is 30.1 Å². The number of hydrogen-bond acceptors (Lipinski definition) is 4. The summed E-state index contributed by atoms with van der Waals surface area (Å²) in [5, 5.41) is 2.46. The quantitative estimate of drug-likeness (QED) is 0.681. The molecule has 3 aliphatic heterocycles. The predicted octanol–water partition coefficient (Wildman–Crippen LogP) is 1.19. The van der Waals surface area contributed by atoms with Crippen molar-refractivity contribution in [3.8, 4) is 0 Å². The molecule has 3 heterocycles. The summed E-state index contributed by atoms with van der Waals surface area (Å²) in [7, 11) is 0. The number of nitrogens with one attached hydrogen (secondary N) is 1. The third-order valence-electron chi connectivity index (χ3n) is 5.82. The van der Waals surface area contributed by atoms with E-state index in [1.807, 2.05) is 6.92 Å². The summed E-state index contributed by atoms with van der Waals surface area (Å²) in [6.07, 6.45) is 4.95. The highest BCUT2D eigenvalue weighted by atomic mass is 16.6. The van der Waals surface area contributed by atoms with Crippen LogP contribution in [0.1, 0.15) is 45.4 Å². The minimum absolute atomic E-state index is 0.0397. The molecule has 0 aromatic heterocycles. The first-order valence-corrected chi connectivity index (χ1v) is 7.80. The predicted molar refractivity (Wildman–Crippen MR) is 72.2 cm³/mol. The Hall–Kier alpha value is -1.59. The summed E-state index contributed by atoms with van der Waals surface area (Å²) >= 11 is 0. The smallest absolute Gasteiger partial charge is 0.324 e. The van der Waals surface area contributed by atoms with Crippen LogP contribution >= 0.6 is 0 Å². The molecule has 2 bridgehead atoms. The van der Waals surface area contributed by atoms with Gasteiger partial charge in [-0.2, -0.15) is 0 Å². The minimum atomic E-state index is -0.652. The molecule has 4 fully saturated rings. The number of carbonyl (C=O) groups is 3. The Bertz CT molecular complexity index is 548. The zero-order valence-electron chi connectivity index (χ0n) is 12.2. The molecule has 3 amide bonds. The second kappa shape index (κ2) is 3.99. The molecule has 21 heavy (non-hydrogen) atoms. The molecule has 3 saturated heterocycles. The molecule has 6 heteroatoms. The fraction of sp³-hybridized carbons (Fsp3) is 0.800. The van der Waals surface area contributed by atoms with Crippen molar-refractivity contribution in [2.45, 2.75) is 57.6 Å². The second-order valence-electron chi connectivity index (χ2n) is 7.19. The highest BCUT2D eigenvalue weighted by Gasteiger charge is 2.75. The molecular weight excluding hydrogens is 272 g/mol. The lowest BCUT2D eigenvalue weighted by atomic mass is 9.47. The van der Waals surface area contributed by atoms with Gasteiger partial charge in [-0.3, -0.25) is 14.9 Å². The van der Waals surface area contributed by atoms with Crippen molar-refractivity contribution >= 4 is 17.9 Å². The Morgan fingerprint density at radius 3 is 2.86 bits per heavy atom. The lowest BCUT2D eigenvalue weighted by molar-refractivity contribution is -0.183. The van der Waals surface area contributed by atoms with Crippen LogP contribution in [0.5, 0.6) is 0 Å². The third-order valence-corrected chi connectivity index (χ3v) is 5.82. The molecular formula is C15H20N2O4. The molecule has 114 valence electrons. The summed E-state index contributed by atoms with van der Waals surface area (Å²) in [6.45, 7) is 2.48. The van der Waals surface area contributed by atoms with Crippen molar-refractivity contribution in [3.63, 3.8) is 0 Å². The number of carbonyl (C=O) groups excluding carboxylic acids is 3. The average Bonchev–Trinajstić information content (AvgIpc) is 2.72. The topological polar surface area (TPSA) is 75.7 Å². The van der Waals surface area contributed by atoms with Gasteiger partial charge < -0.3 is 9.64 Å².